The summed E-state index contributed by atoms with van der Waals surface area (Å²) in [5, 5.41) is 11.2. The normalized spacial score (nSPS) is 16.1. The number of nitrogens with one attached hydrogen (secondary N) is 1. The molecule has 168 valence electrons. The maximum atomic E-state index is 13.6. The van der Waals surface area contributed by atoms with Crippen LogP contribution in [-0.4, -0.2) is 27.4 Å². The third kappa shape index (κ3) is 3.72. The molecule has 0 radical (unpaired) electrons. The number of fused-ring (bicyclic) bond motifs is 3. The second kappa shape index (κ2) is 7.85. The molecule has 0 saturated carbocycles. The van der Waals surface area contributed by atoms with E-state index in [0.717, 1.165) is 28.2 Å². The second-order valence-corrected chi connectivity index (χ2v) is 8.43. The van der Waals surface area contributed by atoms with Crippen molar-refractivity contribution in [3.8, 4) is 5.75 Å². The van der Waals surface area contributed by atoms with Crippen LogP contribution in [0.4, 0.5) is 13.2 Å². The van der Waals surface area contributed by atoms with Gasteiger partial charge in [-0.3, -0.25) is 4.79 Å². The van der Waals surface area contributed by atoms with E-state index in [9.17, 15) is 23.1 Å². The first-order valence-corrected chi connectivity index (χ1v) is 10.7. The molecule has 1 aliphatic heterocycles. The van der Waals surface area contributed by atoms with Crippen LogP contribution in [0, 0.1) is 0 Å². The molecule has 0 aliphatic carbocycles. The van der Waals surface area contributed by atoms with Crippen molar-refractivity contribution >= 4 is 28.4 Å². The number of carbonyl (C=O) groups is 1. The molecule has 2 heterocycles. The van der Waals surface area contributed by atoms with Gasteiger partial charge < -0.3 is 15.0 Å². The molecule has 2 N–H and O–H groups in total. The minimum absolute atomic E-state index is 0.0542. The van der Waals surface area contributed by atoms with Gasteiger partial charge in [0.05, 0.1) is 17.2 Å². The largest absolute Gasteiger partial charge is 0.508 e. The average molecular weight is 471 g/mol. The Balaban J connectivity index is 1.68. The summed E-state index contributed by atoms with van der Waals surface area (Å²) in [5.74, 6) is -0.651. The highest BCUT2D eigenvalue weighted by Crippen LogP contribution is 2.41. The first kappa shape index (κ1) is 21.4. The zero-order chi connectivity index (χ0) is 23.3. The Labute approximate surface area is 192 Å². The van der Waals surface area contributed by atoms with Crippen molar-refractivity contribution in [3.05, 3.63) is 99.7 Å². The number of rotatable bonds is 2. The molecular weight excluding hydrogens is 453 g/mol. The van der Waals surface area contributed by atoms with Gasteiger partial charge >= 0.3 is 6.18 Å². The summed E-state index contributed by atoms with van der Waals surface area (Å²) in [6.07, 6.45) is -4.19. The second-order valence-electron chi connectivity index (χ2n) is 7.99. The van der Waals surface area contributed by atoms with Crippen LogP contribution in [-0.2, 0) is 12.6 Å². The van der Waals surface area contributed by atoms with Gasteiger partial charge in [-0.05, 0) is 60.0 Å². The lowest BCUT2D eigenvalue weighted by atomic mass is 9.91. The summed E-state index contributed by atoms with van der Waals surface area (Å²) in [6.45, 7) is 0.225. The van der Waals surface area contributed by atoms with Gasteiger partial charge in [0.1, 0.15) is 5.75 Å². The van der Waals surface area contributed by atoms with E-state index in [0.29, 0.717) is 17.0 Å². The van der Waals surface area contributed by atoms with Crippen molar-refractivity contribution in [2.75, 3.05) is 6.54 Å². The number of phenolic OH excluding ortho intramolecular Hbond substituents is 1. The molecule has 8 heteroatoms. The number of aromatic amines is 1. The van der Waals surface area contributed by atoms with Crippen LogP contribution in [0.25, 0.3) is 10.9 Å². The highest BCUT2D eigenvalue weighted by molar-refractivity contribution is 6.31. The Kier molecular flexibility index (Phi) is 5.09. The zero-order valence-electron chi connectivity index (χ0n) is 17.2. The van der Waals surface area contributed by atoms with Gasteiger partial charge in [-0.15, -0.1) is 0 Å². The minimum Gasteiger partial charge on any atom is -0.508 e. The number of carbonyl (C=O) groups excluding carboxylic acids is 1. The number of alkyl halides is 3. The van der Waals surface area contributed by atoms with Crippen molar-refractivity contribution in [2.45, 2.75) is 18.6 Å². The van der Waals surface area contributed by atoms with Crippen molar-refractivity contribution in [1.29, 1.82) is 0 Å². The third-order valence-electron chi connectivity index (χ3n) is 6.02. The van der Waals surface area contributed by atoms with Gasteiger partial charge in [0.2, 0.25) is 0 Å². The van der Waals surface area contributed by atoms with E-state index in [-0.39, 0.29) is 12.3 Å². The Bertz CT molecular complexity index is 1360. The predicted molar refractivity (Wildman–Crippen MR) is 119 cm³/mol. The number of aromatic nitrogens is 1. The van der Waals surface area contributed by atoms with Crippen LogP contribution in [0.5, 0.6) is 5.75 Å². The Morgan fingerprint density at radius 1 is 1.06 bits per heavy atom. The molecule has 1 unspecified atom stereocenters. The Morgan fingerprint density at radius 2 is 1.79 bits per heavy atom. The number of hydrogen-bond acceptors (Lipinski definition) is 2. The number of phenols is 1. The minimum atomic E-state index is -4.65. The molecule has 33 heavy (non-hydrogen) atoms. The van der Waals surface area contributed by atoms with Crippen molar-refractivity contribution in [1.82, 2.24) is 9.88 Å². The molecular formula is C25H18ClF3N2O2. The molecule has 1 atom stereocenters. The van der Waals surface area contributed by atoms with Crippen molar-refractivity contribution in [2.24, 2.45) is 0 Å². The molecule has 4 aromatic rings. The molecule has 1 aromatic heterocycles. The van der Waals surface area contributed by atoms with Gasteiger partial charge in [-0.2, -0.15) is 13.2 Å². The molecule has 3 aromatic carbocycles. The molecule has 0 bridgehead atoms. The Hall–Kier alpha value is -3.45. The summed E-state index contributed by atoms with van der Waals surface area (Å²) < 4.78 is 40.9. The van der Waals surface area contributed by atoms with Crippen molar-refractivity contribution in [3.63, 3.8) is 0 Å². The van der Waals surface area contributed by atoms with Crippen LogP contribution in [0.3, 0.4) is 0 Å². The molecule has 1 aliphatic rings. The first-order chi connectivity index (χ1) is 15.7. The maximum Gasteiger partial charge on any atom is 0.417 e. The molecule has 5 rings (SSSR count). The van der Waals surface area contributed by atoms with E-state index in [4.69, 9.17) is 11.6 Å². The number of H-pyrrole nitrogens is 1. The van der Waals surface area contributed by atoms with Crippen LogP contribution in [0.1, 0.15) is 38.8 Å². The van der Waals surface area contributed by atoms with E-state index in [2.05, 4.69) is 4.98 Å². The van der Waals surface area contributed by atoms with Gasteiger partial charge in [0.25, 0.3) is 5.91 Å². The fourth-order valence-electron chi connectivity index (χ4n) is 4.55. The zero-order valence-corrected chi connectivity index (χ0v) is 17.9. The van der Waals surface area contributed by atoms with Crippen LogP contribution in [0.15, 0.2) is 66.7 Å². The lowest BCUT2D eigenvalue weighted by molar-refractivity contribution is -0.138. The molecule has 1 amide bonds. The highest BCUT2D eigenvalue weighted by Gasteiger charge is 2.39. The molecule has 4 nitrogen and oxygen atoms in total. The van der Waals surface area contributed by atoms with Gasteiger partial charge in [0.15, 0.2) is 0 Å². The van der Waals surface area contributed by atoms with Crippen LogP contribution < -0.4 is 0 Å². The van der Waals surface area contributed by atoms with Gasteiger partial charge in [0, 0.05) is 28.2 Å². The number of benzene rings is 3. The predicted octanol–water partition coefficient (Wildman–Crippen LogP) is 6.33. The molecule has 0 spiro atoms. The summed E-state index contributed by atoms with van der Waals surface area (Å²) in [7, 11) is 0. The average Bonchev–Trinajstić information content (AvgIpc) is 3.16. The van der Waals surface area contributed by atoms with E-state index in [1.165, 1.54) is 35.2 Å². The Morgan fingerprint density at radius 3 is 2.52 bits per heavy atom. The lowest BCUT2D eigenvalue weighted by Gasteiger charge is -2.36. The maximum absolute atomic E-state index is 13.6. The fraction of sp³-hybridized carbons (Fsp3) is 0.160. The summed E-state index contributed by atoms with van der Waals surface area (Å²) in [5.41, 5.74) is 1.84. The monoisotopic (exact) mass is 470 g/mol. The number of hydrogen-bond donors (Lipinski definition) is 2. The molecule has 0 fully saturated rings. The summed E-state index contributed by atoms with van der Waals surface area (Å²) >= 11 is 6.20. The van der Waals surface area contributed by atoms with Crippen molar-refractivity contribution < 1.29 is 23.1 Å². The smallest absolute Gasteiger partial charge is 0.417 e. The van der Waals surface area contributed by atoms with Crippen LogP contribution >= 0.6 is 11.6 Å². The molecule has 0 saturated heterocycles. The first-order valence-electron chi connectivity index (χ1n) is 10.3. The van der Waals surface area contributed by atoms with Gasteiger partial charge in [-0.25, -0.2) is 0 Å². The quantitative estimate of drug-likeness (QED) is 0.359. The van der Waals surface area contributed by atoms with Gasteiger partial charge in [-0.1, -0.05) is 35.9 Å². The van der Waals surface area contributed by atoms with E-state index in [1.807, 2.05) is 12.1 Å². The number of halogens is 4. The number of nitrogens with zero attached hydrogens (tertiary/aromatic N) is 1. The topological polar surface area (TPSA) is 56.3 Å². The van der Waals surface area contributed by atoms with Crippen LogP contribution in [0.2, 0.25) is 5.02 Å². The van der Waals surface area contributed by atoms with E-state index >= 15 is 0 Å². The van der Waals surface area contributed by atoms with E-state index < -0.39 is 29.3 Å². The fourth-order valence-corrected chi connectivity index (χ4v) is 4.73. The number of aromatic hydroxyl groups is 1. The summed E-state index contributed by atoms with van der Waals surface area (Å²) in [6, 6.07) is 15.9. The van der Waals surface area contributed by atoms with E-state index in [1.54, 1.807) is 18.2 Å². The SMILES string of the molecule is O=C(c1ccccc1C(F)(F)F)N1CCc2c([nH]c3ccc(Cl)cc23)C1c1ccc(O)cc1. The highest BCUT2D eigenvalue weighted by atomic mass is 35.5. The summed E-state index contributed by atoms with van der Waals surface area (Å²) in [4.78, 5) is 18.3. The number of amides is 1. The lowest BCUT2D eigenvalue weighted by Crippen LogP contribution is -2.41. The standard InChI is InChI=1S/C25H18ClF3N2O2/c26-15-7-10-21-19(13-15)17-11-12-31(23(22(17)30-21)14-5-8-16(32)9-6-14)24(33)18-3-1-2-4-20(18)25(27,28)29/h1-10,13,23,30,32H,11-12H2. The third-order valence-corrected chi connectivity index (χ3v) is 6.26.